The molecule has 0 radical (unpaired) electrons. The number of halogens is 1. The van der Waals surface area contributed by atoms with Crippen LogP contribution < -0.4 is 5.32 Å². The fourth-order valence-corrected chi connectivity index (χ4v) is 4.75. The number of amides is 3. The van der Waals surface area contributed by atoms with Crippen molar-refractivity contribution < 1.29 is 19.1 Å². The number of carbonyl (C=O) groups is 3. The zero-order valence-electron chi connectivity index (χ0n) is 17.7. The number of unbranched alkanes of at least 4 members (excludes halogenated alkanes) is 1. The van der Waals surface area contributed by atoms with Crippen molar-refractivity contribution in [3.63, 3.8) is 0 Å². The second-order valence-electron chi connectivity index (χ2n) is 7.79. The minimum absolute atomic E-state index is 0.0207. The van der Waals surface area contributed by atoms with Gasteiger partial charge < -0.3 is 15.0 Å². The Kier molecular flexibility index (Phi) is 8.83. The molecule has 10 heteroatoms. The van der Waals surface area contributed by atoms with Crippen LogP contribution in [0.3, 0.4) is 0 Å². The monoisotopic (exact) mass is 468 g/mol. The third-order valence-corrected chi connectivity index (χ3v) is 6.70. The fraction of sp³-hybridized carbons (Fsp3) is 0.619. The molecular formula is C21H29ClN4O4S. The molecule has 2 saturated heterocycles. The molecular weight excluding hydrogens is 440 g/mol. The first kappa shape index (κ1) is 23.7. The van der Waals surface area contributed by atoms with Crippen LogP contribution in [0.4, 0.5) is 10.6 Å². The van der Waals surface area contributed by atoms with Crippen molar-refractivity contribution in [2.24, 2.45) is 0 Å². The second kappa shape index (κ2) is 11.6. The number of nitrogens with zero attached hydrogens (tertiary/aromatic N) is 3. The molecule has 1 unspecified atom stereocenters. The molecule has 170 valence electrons. The number of cyclic esters (lactones) is 1. The number of anilines is 1. The lowest BCUT2D eigenvalue weighted by atomic mass is 10.0. The second-order valence-corrected chi connectivity index (χ2v) is 9.22. The van der Waals surface area contributed by atoms with E-state index < -0.39 is 0 Å². The number of piperidine rings is 1. The van der Waals surface area contributed by atoms with Crippen LogP contribution in [0.2, 0.25) is 5.02 Å². The highest BCUT2D eigenvalue weighted by molar-refractivity contribution is 8.00. The van der Waals surface area contributed by atoms with E-state index in [4.69, 9.17) is 16.3 Å². The highest BCUT2D eigenvalue weighted by Crippen LogP contribution is 2.26. The van der Waals surface area contributed by atoms with Crippen LogP contribution >= 0.6 is 23.4 Å². The van der Waals surface area contributed by atoms with Gasteiger partial charge in [0.05, 0.1) is 22.6 Å². The number of likely N-dealkylation sites (tertiary alicyclic amines) is 1. The van der Waals surface area contributed by atoms with Crippen LogP contribution in [0, 0.1) is 0 Å². The molecule has 0 bridgehead atoms. The first-order valence-electron chi connectivity index (χ1n) is 10.7. The van der Waals surface area contributed by atoms with E-state index in [1.807, 2.05) is 9.80 Å². The summed E-state index contributed by atoms with van der Waals surface area (Å²) in [6.45, 7) is 3.86. The summed E-state index contributed by atoms with van der Waals surface area (Å²) in [4.78, 5) is 44.4. The fourth-order valence-electron chi connectivity index (χ4n) is 3.93. The van der Waals surface area contributed by atoms with Gasteiger partial charge in [-0.2, -0.15) is 0 Å². The summed E-state index contributed by atoms with van der Waals surface area (Å²) in [6, 6.07) is 3.57. The van der Waals surface area contributed by atoms with Crippen molar-refractivity contribution in [3.05, 3.63) is 23.4 Å². The molecule has 2 aliphatic heterocycles. The smallest absolute Gasteiger partial charge is 0.410 e. The molecule has 3 amide bonds. The molecule has 0 aliphatic carbocycles. The predicted molar refractivity (Wildman–Crippen MR) is 121 cm³/mol. The molecule has 8 nitrogen and oxygen atoms in total. The van der Waals surface area contributed by atoms with Gasteiger partial charge in [0.2, 0.25) is 11.8 Å². The van der Waals surface area contributed by atoms with Gasteiger partial charge in [0.1, 0.15) is 12.4 Å². The van der Waals surface area contributed by atoms with Gasteiger partial charge in [-0.05, 0) is 31.4 Å². The summed E-state index contributed by atoms with van der Waals surface area (Å²) in [5.41, 5.74) is 0. The Morgan fingerprint density at radius 3 is 2.74 bits per heavy atom. The van der Waals surface area contributed by atoms with Gasteiger partial charge in [-0.15, -0.1) is 11.8 Å². The van der Waals surface area contributed by atoms with Gasteiger partial charge in [0.25, 0.3) is 0 Å². The van der Waals surface area contributed by atoms with Gasteiger partial charge in [0, 0.05) is 25.3 Å². The van der Waals surface area contributed by atoms with E-state index in [9.17, 15) is 14.4 Å². The van der Waals surface area contributed by atoms with Gasteiger partial charge in [-0.1, -0.05) is 31.4 Å². The minimum atomic E-state index is -0.220. The van der Waals surface area contributed by atoms with E-state index in [1.54, 1.807) is 12.1 Å². The summed E-state index contributed by atoms with van der Waals surface area (Å²) in [7, 11) is 0. The van der Waals surface area contributed by atoms with Gasteiger partial charge in [-0.25, -0.2) is 9.78 Å². The molecule has 1 aromatic heterocycles. The molecule has 1 aromatic rings. The van der Waals surface area contributed by atoms with Crippen LogP contribution in [0.1, 0.15) is 39.0 Å². The number of ether oxygens (including phenoxy) is 1. The molecule has 3 heterocycles. The molecule has 31 heavy (non-hydrogen) atoms. The number of pyridine rings is 1. The summed E-state index contributed by atoms with van der Waals surface area (Å²) < 4.78 is 5.28. The summed E-state index contributed by atoms with van der Waals surface area (Å²) >= 11 is 7.05. The molecule has 0 aromatic carbocycles. The molecule has 1 N–H and O–H groups in total. The normalized spacial score (nSPS) is 19.4. The standard InChI is InChI=1S/C21H29ClN4O4S/c1-2-3-4-17-12-30-21(29)26(17)16-7-9-25(10-8-16)20(28)14-31-13-19(27)24-18-6-5-15(22)11-23-18/h5-6,11,16-17H,2-4,7-10,12-14H2,1H3,(H,23,24,27). The maximum atomic E-state index is 12.5. The predicted octanol–water partition coefficient (Wildman–Crippen LogP) is 3.41. The zero-order valence-corrected chi connectivity index (χ0v) is 19.3. The highest BCUT2D eigenvalue weighted by Gasteiger charge is 2.39. The Bertz CT molecular complexity index is 771. The third kappa shape index (κ3) is 6.74. The number of aromatic nitrogens is 1. The maximum absolute atomic E-state index is 12.5. The van der Waals surface area contributed by atoms with Crippen molar-refractivity contribution in [2.75, 3.05) is 36.5 Å². The number of thioether (sulfide) groups is 1. The average Bonchev–Trinajstić information content (AvgIpc) is 3.14. The Labute approximate surface area is 192 Å². The molecule has 2 fully saturated rings. The number of nitrogens with one attached hydrogen (secondary N) is 1. The van der Waals surface area contributed by atoms with Crippen molar-refractivity contribution in [2.45, 2.75) is 51.1 Å². The lowest BCUT2D eigenvalue weighted by Gasteiger charge is -2.37. The first-order chi connectivity index (χ1) is 15.0. The van der Waals surface area contributed by atoms with Crippen LogP contribution in [-0.2, 0) is 14.3 Å². The van der Waals surface area contributed by atoms with Crippen LogP contribution in [0.15, 0.2) is 18.3 Å². The SMILES string of the molecule is CCCCC1COC(=O)N1C1CCN(C(=O)CSCC(=O)Nc2ccc(Cl)cn2)CC1. The molecule has 1 atom stereocenters. The van der Waals surface area contributed by atoms with Gasteiger partial charge in [0.15, 0.2) is 0 Å². The zero-order chi connectivity index (χ0) is 22.2. The van der Waals surface area contributed by atoms with Crippen molar-refractivity contribution in [3.8, 4) is 0 Å². The van der Waals surface area contributed by atoms with E-state index in [-0.39, 0.29) is 41.5 Å². The minimum Gasteiger partial charge on any atom is -0.447 e. The topological polar surface area (TPSA) is 91.8 Å². The summed E-state index contributed by atoms with van der Waals surface area (Å²) in [5.74, 6) is 0.660. The van der Waals surface area contributed by atoms with E-state index in [0.29, 0.717) is 30.5 Å². The number of hydrogen-bond donors (Lipinski definition) is 1. The Morgan fingerprint density at radius 1 is 1.29 bits per heavy atom. The largest absolute Gasteiger partial charge is 0.447 e. The lowest BCUT2D eigenvalue weighted by Crippen LogP contribution is -2.50. The molecule has 3 rings (SSSR count). The van der Waals surface area contributed by atoms with Crippen molar-refractivity contribution in [1.82, 2.24) is 14.8 Å². The van der Waals surface area contributed by atoms with Crippen LogP contribution in [0.25, 0.3) is 0 Å². The maximum Gasteiger partial charge on any atom is 0.410 e. The third-order valence-electron chi connectivity index (χ3n) is 5.56. The Balaban J connectivity index is 1.37. The molecule has 2 aliphatic rings. The Hall–Kier alpha value is -2.00. The van der Waals surface area contributed by atoms with Crippen molar-refractivity contribution >= 4 is 47.1 Å². The number of carbonyl (C=O) groups excluding carboxylic acids is 3. The lowest BCUT2D eigenvalue weighted by molar-refractivity contribution is -0.129. The van der Waals surface area contributed by atoms with Gasteiger partial charge >= 0.3 is 6.09 Å². The summed E-state index contributed by atoms with van der Waals surface area (Å²) in [5, 5.41) is 3.18. The number of hydrogen-bond acceptors (Lipinski definition) is 6. The Morgan fingerprint density at radius 2 is 2.06 bits per heavy atom. The van der Waals surface area contributed by atoms with Gasteiger partial charge in [-0.3, -0.25) is 14.5 Å². The van der Waals surface area contributed by atoms with E-state index in [0.717, 1.165) is 32.1 Å². The average molecular weight is 469 g/mol. The van der Waals surface area contributed by atoms with E-state index in [2.05, 4.69) is 17.2 Å². The summed E-state index contributed by atoms with van der Waals surface area (Å²) in [6.07, 6.45) is 5.90. The highest BCUT2D eigenvalue weighted by atomic mass is 35.5. The van der Waals surface area contributed by atoms with Crippen LogP contribution in [0.5, 0.6) is 0 Å². The van der Waals surface area contributed by atoms with E-state index >= 15 is 0 Å². The molecule has 0 saturated carbocycles. The van der Waals surface area contributed by atoms with Crippen LogP contribution in [-0.4, -0.2) is 76.0 Å². The molecule has 0 spiro atoms. The van der Waals surface area contributed by atoms with Crippen molar-refractivity contribution in [1.29, 1.82) is 0 Å². The van der Waals surface area contributed by atoms with E-state index in [1.165, 1.54) is 18.0 Å². The number of rotatable bonds is 9. The first-order valence-corrected chi connectivity index (χ1v) is 12.2. The quantitative estimate of drug-likeness (QED) is 0.597.